The second-order valence-corrected chi connectivity index (χ2v) is 2.69. The van der Waals surface area contributed by atoms with E-state index in [2.05, 4.69) is 16.6 Å². The lowest BCUT2D eigenvalue weighted by atomic mass is 10.2. The molecule has 0 rings (SSSR count). The Bertz CT molecular complexity index is 272. The molecule has 0 saturated heterocycles. The average Bonchev–Trinajstić information content (AvgIpc) is 2.22. The molecule has 0 amide bonds. The lowest BCUT2D eigenvalue weighted by Crippen LogP contribution is -1.95. The molecule has 0 aliphatic rings. The zero-order valence-electron chi connectivity index (χ0n) is 8.83. The molecule has 0 aromatic carbocycles. The maximum Gasteiger partial charge on any atom is 0.0745 e. The van der Waals surface area contributed by atoms with Crippen LogP contribution in [0, 0.1) is 5.41 Å². The Morgan fingerprint density at radius 2 is 2.21 bits per heavy atom. The molecule has 0 heterocycles. The SMILES string of the molecule is C=C(C=N)C/C=C\C(C=NCC)=NC. The van der Waals surface area contributed by atoms with Crippen LogP contribution in [0.15, 0.2) is 34.3 Å². The van der Waals surface area contributed by atoms with Gasteiger partial charge in [-0.2, -0.15) is 0 Å². The van der Waals surface area contributed by atoms with Crippen molar-refractivity contribution in [3.8, 4) is 0 Å². The van der Waals surface area contributed by atoms with E-state index in [4.69, 9.17) is 5.41 Å². The molecule has 0 bridgehead atoms. The van der Waals surface area contributed by atoms with E-state index >= 15 is 0 Å². The summed E-state index contributed by atoms with van der Waals surface area (Å²) in [5, 5.41) is 6.94. The number of nitrogens with one attached hydrogen (secondary N) is 1. The molecule has 0 aromatic heterocycles. The van der Waals surface area contributed by atoms with Gasteiger partial charge in [-0.1, -0.05) is 12.7 Å². The maximum atomic E-state index is 6.94. The van der Waals surface area contributed by atoms with Crippen LogP contribution in [-0.4, -0.2) is 31.7 Å². The van der Waals surface area contributed by atoms with Gasteiger partial charge in [0.25, 0.3) is 0 Å². The minimum atomic E-state index is 0.683. The number of allylic oxidation sites excluding steroid dienone is 3. The summed E-state index contributed by atoms with van der Waals surface area (Å²) in [6.45, 7) is 6.43. The third-order valence-electron chi connectivity index (χ3n) is 1.54. The van der Waals surface area contributed by atoms with Gasteiger partial charge in [-0.15, -0.1) is 0 Å². The van der Waals surface area contributed by atoms with Gasteiger partial charge in [0, 0.05) is 26.0 Å². The Morgan fingerprint density at radius 1 is 1.50 bits per heavy atom. The second kappa shape index (κ2) is 8.10. The molecule has 0 spiro atoms. The highest BCUT2D eigenvalue weighted by molar-refractivity contribution is 6.35. The fraction of sp³-hybridized carbons (Fsp3) is 0.364. The summed E-state index contributed by atoms with van der Waals surface area (Å²) < 4.78 is 0. The first-order valence-electron chi connectivity index (χ1n) is 4.56. The predicted octanol–water partition coefficient (Wildman–Crippen LogP) is 2.30. The van der Waals surface area contributed by atoms with Crippen molar-refractivity contribution in [3.05, 3.63) is 24.3 Å². The fourth-order valence-electron chi connectivity index (χ4n) is 0.750. The van der Waals surface area contributed by atoms with Crippen molar-refractivity contribution in [1.82, 2.24) is 0 Å². The first-order valence-corrected chi connectivity index (χ1v) is 4.56. The summed E-state index contributed by atoms with van der Waals surface area (Å²) in [5.41, 5.74) is 1.62. The van der Waals surface area contributed by atoms with E-state index in [-0.39, 0.29) is 0 Å². The van der Waals surface area contributed by atoms with Crippen molar-refractivity contribution in [2.24, 2.45) is 9.98 Å². The topological polar surface area (TPSA) is 48.6 Å². The van der Waals surface area contributed by atoms with Crippen molar-refractivity contribution >= 4 is 18.1 Å². The zero-order valence-corrected chi connectivity index (χ0v) is 8.83. The predicted molar refractivity (Wildman–Crippen MR) is 64.1 cm³/mol. The van der Waals surface area contributed by atoms with Crippen LogP contribution in [0.3, 0.4) is 0 Å². The summed E-state index contributed by atoms with van der Waals surface area (Å²) in [6, 6.07) is 0. The maximum absolute atomic E-state index is 6.94. The van der Waals surface area contributed by atoms with Gasteiger partial charge in [0.05, 0.1) is 5.71 Å². The lowest BCUT2D eigenvalue weighted by Gasteiger charge is -1.92. The highest BCUT2D eigenvalue weighted by Crippen LogP contribution is 1.94. The molecule has 0 aliphatic carbocycles. The molecule has 0 fully saturated rings. The van der Waals surface area contributed by atoms with E-state index in [0.717, 1.165) is 17.8 Å². The molecule has 0 unspecified atom stereocenters. The number of hydrogen-bond donors (Lipinski definition) is 1. The van der Waals surface area contributed by atoms with Crippen LogP contribution in [0.4, 0.5) is 0 Å². The van der Waals surface area contributed by atoms with E-state index < -0.39 is 0 Å². The van der Waals surface area contributed by atoms with Crippen molar-refractivity contribution in [1.29, 1.82) is 5.41 Å². The fourth-order valence-corrected chi connectivity index (χ4v) is 0.750. The summed E-state index contributed by atoms with van der Waals surface area (Å²) in [7, 11) is 1.73. The van der Waals surface area contributed by atoms with Crippen molar-refractivity contribution in [2.75, 3.05) is 13.6 Å². The monoisotopic (exact) mass is 191 g/mol. The Kier molecular flexibility index (Phi) is 7.23. The van der Waals surface area contributed by atoms with Gasteiger partial charge in [0.2, 0.25) is 0 Å². The smallest absolute Gasteiger partial charge is 0.0745 e. The van der Waals surface area contributed by atoms with Crippen LogP contribution in [0.5, 0.6) is 0 Å². The Hall–Kier alpha value is -1.51. The van der Waals surface area contributed by atoms with Crippen LogP contribution in [0.25, 0.3) is 0 Å². The summed E-state index contributed by atoms with van der Waals surface area (Å²) in [4.78, 5) is 8.13. The van der Waals surface area contributed by atoms with Crippen LogP contribution >= 0.6 is 0 Å². The third-order valence-corrected chi connectivity index (χ3v) is 1.54. The Morgan fingerprint density at radius 3 is 2.71 bits per heavy atom. The van der Waals surface area contributed by atoms with Gasteiger partial charge in [-0.3, -0.25) is 9.98 Å². The standard InChI is InChI=1S/C11H17N3/c1-4-14-9-11(13-3)7-5-6-10(2)8-12/h5,7-9,12H,2,4,6H2,1,3H3/b7-5-,12-8?,13-11?,14-9?. The third kappa shape index (κ3) is 6.06. The molecule has 76 valence electrons. The molecule has 0 atom stereocenters. The minimum Gasteiger partial charge on any atom is -0.308 e. The molecule has 3 heteroatoms. The highest BCUT2D eigenvalue weighted by atomic mass is 14.7. The molecular weight excluding hydrogens is 174 g/mol. The average molecular weight is 191 g/mol. The van der Waals surface area contributed by atoms with Gasteiger partial charge in [0.1, 0.15) is 0 Å². The lowest BCUT2D eigenvalue weighted by molar-refractivity contribution is 1.14. The summed E-state index contributed by atoms with van der Waals surface area (Å²) in [6.07, 6.45) is 7.49. The molecular formula is C11H17N3. The van der Waals surface area contributed by atoms with E-state index in [1.807, 2.05) is 19.1 Å². The number of hydrogen-bond acceptors (Lipinski definition) is 3. The van der Waals surface area contributed by atoms with Gasteiger partial charge < -0.3 is 5.41 Å². The normalized spacial score (nSPS) is 12.6. The first kappa shape index (κ1) is 12.5. The van der Waals surface area contributed by atoms with E-state index in [0.29, 0.717) is 6.42 Å². The highest BCUT2D eigenvalue weighted by Gasteiger charge is 1.87. The van der Waals surface area contributed by atoms with Crippen LogP contribution in [0.1, 0.15) is 13.3 Å². The number of nitrogens with zero attached hydrogens (tertiary/aromatic N) is 2. The quantitative estimate of drug-likeness (QED) is 0.626. The van der Waals surface area contributed by atoms with Crippen molar-refractivity contribution in [2.45, 2.75) is 13.3 Å². The molecule has 3 nitrogen and oxygen atoms in total. The van der Waals surface area contributed by atoms with E-state index in [1.165, 1.54) is 6.21 Å². The van der Waals surface area contributed by atoms with E-state index in [1.54, 1.807) is 13.3 Å². The molecule has 0 radical (unpaired) electrons. The van der Waals surface area contributed by atoms with Gasteiger partial charge in [-0.25, -0.2) is 0 Å². The number of aliphatic imine (C=N–C) groups is 2. The van der Waals surface area contributed by atoms with Gasteiger partial charge >= 0.3 is 0 Å². The van der Waals surface area contributed by atoms with Gasteiger partial charge in [-0.05, 0) is 25.0 Å². The largest absolute Gasteiger partial charge is 0.308 e. The Balaban J connectivity index is 4.12. The van der Waals surface area contributed by atoms with Crippen LogP contribution in [-0.2, 0) is 0 Å². The Labute approximate surface area is 85.5 Å². The summed E-state index contributed by atoms with van der Waals surface area (Å²) in [5.74, 6) is 0. The minimum absolute atomic E-state index is 0.683. The summed E-state index contributed by atoms with van der Waals surface area (Å²) >= 11 is 0. The van der Waals surface area contributed by atoms with Gasteiger partial charge in [0.15, 0.2) is 0 Å². The number of rotatable bonds is 6. The molecule has 1 N–H and O–H groups in total. The van der Waals surface area contributed by atoms with E-state index in [9.17, 15) is 0 Å². The molecule has 0 aromatic rings. The zero-order chi connectivity index (χ0) is 10.8. The second-order valence-electron chi connectivity index (χ2n) is 2.69. The molecule has 14 heavy (non-hydrogen) atoms. The molecule has 0 aliphatic heterocycles. The van der Waals surface area contributed by atoms with Crippen LogP contribution in [0.2, 0.25) is 0 Å². The van der Waals surface area contributed by atoms with Crippen molar-refractivity contribution < 1.29 is 0 Å². The molecule has 0 saturated carbocycles. The first-order chi connectivity index (χ1) is 6.74. The van der Waals surface area contributed by atoms with Crippen molar-refractivity contribution in [3.63, 3.8) is 0 Å². The van der Waals surface area contributed by atoms with Crippen LogP contribution < -0.4 is 0 Å².